The minimum absolute atomic E-state index is 0.152. The molecular formula is C19H20FN3O3. The highest BCUT2D eigenvalue weighted by Crippen LogP contribution is 2.40. The fourth-order valence-corrected chi connectivity index (χ4v) is 4.55. The normalized spacial score (nSPS) is 25.4. The van der Waals surface area contributed by atoms with E-state index in [1.54, 1.807) is 6.07 Å². The Labute approximate surface area is 149 Å². The van der Waals surface area contributed by atoms with Crippen LogP contribution in [-0.4, -0.2) is 52.8 Å². The second-order valence-electron chi connectivity index (χ2n) is 7.77. The summed E-state index contributed by atoms with van der Waals surface area (Å²) in [5.41, 5.74) is 0.251. The number of halogens is 1. The van der Waals surface area contributed by atoms with Gasteiger partial charge in [0.05, 0.1) is 11.2 Å². The van der Waals surface area contributed by atoms with Gasteiger partial charge in [-0.25, -0.2) is 9.18 Å². The molecule has 1 unspecified atom stereocenters. The standard InChI is InChI=1S/C19H20FN3O3/c1-21-7-12-4-11(21)8-22(12)17-6-16-13(5-15(17)20)18(24)14(19(25)26)9-23(16)10-2-3-10/h5-6,9-12H,2-4,7-8H2,1H3,(H,25,26)/t11?,12-/m0/s1. The van der Waals surface area contributed by atoms with Crippen LogP contribution in [0, 0.1) is 5.82 Å². The van der Waals surface area contributed by atoms with E-state index in [0.717, 1.165) is 32.4 Å². The first kappa shape index (κ1) is 15.8. The summed E-state index contributed by atoms with van der Waals surface area (Å²) >= 11 is 0. The first-order valence-corrected chi connectivity index (χ1v) is 9.02. The Balaban J connectivity index is 1.70. The molecule has 1 aromatic heterocycles. The average molecular weight is 357 g/mol. The average Bonchev–Trinajstić information content (AvgIpc) is 3.26. The molecule has 1 saturated carbocycles. The number of nitrogens with zero attached hydrogens (tertiary/aromatic N) is 3. The highest BCUT2D eigenvalue weighted by atomic mass is 19.1. The second kappa shape index (κ2) is 5.30. The lowest BCUT2D eigenvalue weighted by Crippen LogP contribution is -2.44. The summed E-state index contributed by atoms with van der Waals surface area (Å²) in [7, 11) is 2.09. The van der Waals surface area contributed by atoms with E-state index in [1.165, 1.54) is 12.3 Å². The number of aromatic nitrogens is 1. The van der Waals surface area contributed by atoms with Gasteiger partial charge < -0.3 is 14.6 Å². The maximum atomic E-state index is 14.9. The molecule has 1 N–H and O–H groups in total. The molecule has 7 heteroatoms. The Morgan fingerprint density at radius 1 is 1.19 bits per heavy atom. The van der Waals surface area contributed by atoms with Crippen LogP contribution in [0.15, 0.2) is 23.1 Å². The fourth-order valence-electron chi connectivity index (χ4n) is 4.55. The largest absolute Gasteiger partial charge is 0.477 e. The van der Waals surface area contributed by atoms with Gasteiger partial charge >= 0.3 is 5.97 Å². The monoisotopic (exact) mass is 357 g/mol. The Kier molecular flexibility index (Phi) is 3.22. The minimum Gasteiger partial charge on any atom is -0.477 e. The molecule has 26 heavy (non-hydrogen) atoms. The number of anilines is 1. The molecule has 0 amide bonds. The second-order valence-corrected chi connectivity index (χ2v) is 7.77. The van der Waals surface area contributed by atoms with Crippen LogP contribution in [0.1, 0.15) is 35.7 Å². The van der Waals surface area contributed by atoms with Crippen molar-refractivity contribution >= 4 is 22.6 Å². The molecule has 2 aliphatic heterocycles. The van der Waals surface area contributed by atoms with Crippen molar-refractivity contribution in [3.05, 3.63) is 39.9 Å². The van der Waals surface area contributed by atoms with Crippen molar-refractivity contribution in [1.29, 1.82) is 0 Å². The van der Waals surface area contributed by atoms with E-state index in [1.807, 2.05) is 4.57 Å². The molecular weight excluding hydrogens is 337 g/mol. The first-order valence-electron chi connectivity index (χ1n) is 9.02. The van der Waals surface area contributed by atoms with Gasteiger partial charge in [-0.3, -0.25) is 9.69 Å². The highest BCUT2D eigenvalue weighted by molar-refractivity contribution is 5.93. The molecule has 5 rings (SSSR count). The fraction of sp³-hybridized carbons (Fsp3) is 0.474. The summed E-state index contributed by atoms with van der Waals surface area (Å²) in [6, 6.07) is 3.90. The van der Waals surface area contributed by atoms with Crippen LogP contribution in [0.25, 0.3) is 10.9 Å². The van der Waals surface area contributed by atoms with E-state index in [-0.39, 0.29) is 23.0 Å². The van der Waals surface area contributed by atoms with Gasteiger partial charge in [0, 0.05) is 42.8 Å². The van der Waals surface area contributed by atoms with Gasteiger partial charge in [0.25, 0.3) is 0 Å². The van der Waals surface area contributed by atoms with Crippen LogP contribution in [0.2, 0.25) is 0 Å². The minimum atomic E-state index is -1.27. The Morgan fingerprint density at radius 2 is 1.96 bits per heavy atom. The van der Waals surface area contributed by atoms with Gasteiger partial charge in [-0.05, 0) is 38.4 Å². The molecule has 3 fully saturated rings. The lowest BCUT2D eigenvalue weighted by Gasteiger charge is -2.34. The van der Waals surface area contributed by atoms with Crippen LogP contribution >= 0.6 is 0 Å². The quantitative estimate of drug-likeness (QED) is 0.911. The smallest absolute Gasteiger partial charge is 0.341 e. The van der Waals surface area contributed by atoms with Crippen molar-refractivity contribution in [2.45, 2.75) is 37.4 Å². The number of carboxylic acid groups (broad SMARTS) is 1. The van der Waals surface area contributed by atoms with Crippen LogP contribution in [0.4, 0.5) is 10.1 Å². The summed E-state index contributed by atoms with van der Waals surface area (Å²) in [6.45, 7) is 1.69. The number of carboxylic acids is 1. The predicted octanol–water partition coefficient (Wildman–Crippen LogP) is 2.07. The molecule has 6 nitrogen and oxygen atoms in total. The van der Waals surface area contributed by atoms with Crippen LogP contribution in [0.3, 0.4) is 0 Å². The van der Waals surface area contributed by atoms with Crippen molar-refractivity contribution < 1.29 is 14.3 Å². The topological polar surface area (TPSA) is 65.8 Å². The number of carbonyl (C=O) groups is 1. The molecule has 3 aliphatic rings. The zero-order chi connectivity index (χ0) is 18.2. The number of aromatic carboxylic acids is 1. The van der Waals surface area contributed by atoms with Crippen molar-refractivity contribution in [2.24, 2.45) is 0 Å². The van der Waals surface area contributed by atoms with Gasteiger partial charge in [-0.2, -0.15) is 0 Å². The highest BCUT2D eigenvalue weighted by Gasteiger charge is 2.42. The molecule has 0 spiro atoms. The Morgan fingerprint density at radius 3 is 2.54 bits per heavy atom. The number of hydrogen-bond donors (Lipinski definition) is 1. The van der Waals surface area contributed by atoms with E-state index in [2.05, 4.69) is 16.8 Å². The maximum absolute atomic E-state index is 14.9. The van der Waals surface area contributed by atoms with Gasteiger partial charge in [-0.15, -0.1) is 0 Å². The lowest BCUT2D eigenvalue weighted by molar-refractivity contribution is 0.0695. The van der Waals surface area contributed by atoms with E-state index < -0.39 is 17.2 Å². The first-order chi connectivity index (χ1) is 12.4. The van der Waals surface area contributed by atoms with Crippen LogP contribution in [0.5, 0.6) is 0 Å². The number of pyridine rings is 1. The molecule has 0 radical (unpaired) electrons. The number of hydrogen-bond acceptors (Lipinski definition) is 4. The number of likely N-dealkylation sites (tertiary alicyclic amines) is 1. The number of likely N-dealkylation sites (N-methyl/N-ethyl adjacent to an activating group) is 1. The van der Waals surface area contributed by atoms with Crippen molar-refractivity contribution in [3.8, 4) is 0 Å². The van der Waals surface area contributed by atoms with E-state index in [4.69, 9.17) is 0 Å². The van der Waals surface area contributed by atoms with Gasteiger partial charge in [0.15, 0.2) is 0 Å². The van der Waals surface area contributed by atoms with Gasteiger partial charge in [0.2, 0.25) is 5.43 Å². The van der Waals surface area contributed by atoms with E-state index in [9.17, 15) is 19.1 Å². The third kappa shape index (κ3) is 2.19. The number of benzene rings is 1. The van der Waals surface area contributed by atoms with Crippen LogP contribution in [-0.2, 0) is 0 Å². The van der Waals surface area contributed by atoms with Crippen molar-refractivity contribution in [3.63, 3.8) is 0 Å². The Hall–Kier alpha value is -2.41. The van der Waals surface area contributed by atoms with Crippen molar-refractivity contribution in [1.82, 2.24) is 9.47 Å². The Bertz CT molecular complexity index is 996. The summed E-state index contributed by atoms with van der Waals surface area (Å²) in [5, 5.41) is 9.48. The third-order valence-corrected chi connectivity index (χ3v) is 6.10. The van der Waals surface area contributed by atoms with Crippen molar-refractivity contribution in [2.75, 3.05) is 25.0 Å². The summed E-state index contributed by atoms with van der Waals surface area (Å²) in [4.78, 5) is 28.4. The molecule has 2 saturated heterocycles. The maximum Gasteiger partial charge on any atom is 0.341 e. The summed E-state index contributed by atoms with van der Waals surface area (Å²) in [5.74, 6) is -1.72. The molecule has 2 aromatic rings. The van der Waals surface area contributed by atoms with Gasteiger partial charge in [0.1, 0.15) is 11.4 Å². The third-order valence-electron chi connectivity index (χ3n) is 6.10. The summed E-state index contributed by atoms with van der Waals surface area (Å²) < 4.78 is 16.8. The molecule has 1 aromatic carbocycles. The molecule has 3 heterocycles. The van der Waals surface area contributed by atoms with E-state index in [0.29, 0.717) is 17.2 Å². The lowest BCUT2D eigenvalue weighted by atomic mass is 10.1. The SMILES string of the molecule is CN1C[C@@H]2CC1CN2c1cc2c(cc1F)c(=O)c(C(=O)O)cn2C1CC1. The van der Waals surface area contributed by atoms with E-state index >= 15 is 0 Å². The van der Waals surface area contributed by atoms with Crippen LogP contribution < -0.4 is 10.3 Å². The predicted molar refractivity (Wildman–Crippen MR) is 95.6 cm³/mol. The number of piperazine rings is 1. The molecule has 2 atom stereocenters. The number of fused-ring (bicyclic) bond motifs is 3. The molecule has 1 aliphatic carbocycles. The zero-order valence-corrected chi connectivity index (χ0v) is 14.5. The molecule has 136 valence electrons. The number of rotatable bonds is 3. The summed E-state index contributed by atoms with van der Waals surface area (Å²) in [6.07, 6.45) is 4.35. The molecule has 2 bridgehead atoms. The zero-order valence-electron chi connectivity index (χ0n) is 14.5. The van der Waals surface area contributed by atoms with Gasteiger partial charge in [-0.1, -0.05) is 0 Å².